The Morgan fingerprint density at radius 3 is 2.74 bits per heavy atom. The molecule has 19 heavy (non-hydrogen) atoms. The first-order valence-electron chi connectivity index (χ1n) is 6.54. The Kier molecular flexibility index (Phi) is 5.21. The fourth-order valence-corrected chi connectivity index (χ4v) is 3.00. The van der Waals surface area contributed by atoms with Crippen LogP contribution in [0.15, 0.2) is 0 Å². The molecule has 0 unspecified atom stereocenters. The molecule has 2 aliphatic rings. The fraction of sp³-hybridized carbons (Fsp3) is 0.750. The molecule has 0 aromatic carbocycles. The molecule has 6 nitrogen and oxygen atoms in total. The van der Waals surface area contributed by atoms with Crippen LogP contribution in [-0.2, 0) is 14.4 Å². The van der Waals surface area contributed by atoms with Crippen LogP contribution in [0.5, 0.6) is 0 Å². The SMILES string of the molecule is O=C(CSCC1CNC1)NC(=O)CN1CCCC1=O. The molecular weight excluding hydrogens is 266 g/mol. The number of hydrogen-bond donors (Lipinski definition) is 2. The van der Waals surface area contributed by atoms with Crippen LogP contribution in [0.1, 0.15) is 12.8 Å². The van der Waals surface area contributed by atoms with Gasteiger partial charge in [0.25, 0.3) is 0 Å². The Hall–Kier alpha value is -1.08. The summed E-state index contributed by atoms with van der Waals surface area (Å²) in [6, 6.07) is 0. The molecule has 0 aromatic rings. The van der Waals surface area contributed by atoms with Gasteiger partial charge in [-0.1, -0.05) is 0 Å². The molecule has 7 heteroatoms. The van der Waals surface area contributed by atoms with Crippen molar-refractivity contribution in [3.05, 3.63) is 0 Å². The molecule has 0 bridgehead atoms. The Morgan fingerprint density at radius 1 is 1.37 bits per heavy atom. The number of imide groups is 1. The van der Waals surface area contributed by atoms with E-state index in [1.165, 1.54) is 4.90 Å². The van der Waals surface area contributed by atoms with E-state index in [4.69, 9.17) is 0 Å². The maximum absolute atomic E-state index is 11.6. The number of nitrogens with one attached hydrogen (secondary N) is 2. The number of hydrogen-bond acceptors (Lipinski definition) is 5. The predicted octanol–water partition coefficient (Wildman–Crippen LogP) is -0.796. The Labute approximate surface area is 116 Å². The summed E-state index contributed by atoms with van der Waals surface area (Å²) in [6.45, 7) is 2.65. The topological polar surface area (TPSA) is 78.5 Å². The van der Waals surface area contributed by atoms with Gasteiger partial charge in [-0.15, -0.1) is 0 Å². The normalized spacial score (nSPS) is 19.4. The van der Waals surface area contributed by atoms with E-state index in [1.807, 2.05) is 0 Å². The Morgan fingerprint density at radius 2 is 2.16 bits per heavy atom. The molecule has 2 heterocycles. The summed E-state index contributed by atoms with van der Waals surface area (Å²) in [7, 11) is 0. The zero-order valence-corrected chi connectivity index (χ0v) is 11.6. The molecule has 0 spiro atoms. The monoisotopic (exact) mass is 285 g/mol. The van der Waals surface area contributed by atoms with Crippen molar-refractivity contribution >= 4 is 29.5 Å². The summed E-state index contributed by atoms with van der Waals surface area (Å²) in [5.41, 5.74) is 0. The van der Waals surface area contributed by atoms with Gasteiger partial charge in [-0.05, 0) is 31.2 Å². The van der Waals surface area contributed by atoms with Crippen molar-refractivity contribution in [3.8, 4) is 0 Å². The maximum atomic E-state index is 11.6. The summed E-state index contributed by atoms with van der Waals surface area (Å²) in [5, 5.41) is 5.50. The molecule has 2 aliphatic heterocycles. The first kappa shape index (κ1) is 14.3. The first-order valence-corrected chi connectivity index (χ1v) is 7.69. The number of rotatable bonds is 6. The quantitative estimate of drug-likeness (QED) is 0.668. The molecule has 3 amide bonds. The second kappa shape index (κ2) is 6.91. The van der Waals surface area contributed by atoms with Gasteiger partial charge in [0, 0.05) is 13.0 Å². The van der Waals surface area contributed by atoms with E-state index >= 15 is 0 Å². The molecule has 106 valence electrons. The minimum atomic E-state index is -0.383. The molecule has 2 saturated heterocycles. The van der Waals surface area contributed by atoms with Gasteiger partial charge in [-0.25, -0.2) is 0 Å². The average molecular weight is 285 g/mol. The number of carbonyl (C=O) groups is 3. The van der Waals surface area contributed by atoms with Crippen LogP contribution in [0.25, 0.3) is 0 Å². The van der Waals surface area contributed by atoms with Crippen molar-refractivity contribution in [1.29, 1.82) is 0 Å². The summed E-state index contributed by atoms with van der Waals surface area (Å²) in [5.74, 6) is 1.24. The standard InChI is InChI=1S/C12H19N3O3S/c16-10(6-15-3-1-2-12(15)18)14-11(17)8-19-7-9-4-13-5-9/h9,13H,1-8H2,(H,14,16,17). The van der Waals surface area contributed by atoms with Gasteiger partial charge in [-0.2, -0.15) is 11.8 Å². The van der Waals surface area contributed by atoms with E-state index in [-0.39, 0.29) is 24.3 Å². The van der Waals surface area contributed by atoms with Gasteiger partial charge in [0.1, 0.15) is 0 Å². The lowest BCUT2D eigenvalue weighted by atomic mass is 10.1. The van der Waals surface area contributed by atoms with Gasteiger partial charge >= 0.3 is 0 Å². The largest absolute Gasteiger partial charge is 0.333 e. The van der Waals surface area contributed by atoms with Crippen molar-refractivity contribution < 1.29 is 14.4 Å². The average Bonchev–Trinajstić information content (AvgIpc) is 2.68. The van der Waals surface area contributed by atoms with Crippen LogP contribution in [0.2, 0.25) is 0 Å². The van der Waals surface area contributed by atoms with Crippen molar-refractivity contribution in [3.63, 3.8) is 0 Å². The third kappa shape index (κ3) is 4.50. The van der Waals surface area contributed by atoms with E-state index < -0.39 is 0 Å². The molecule has 0 aliphatic carbocycles. The minimum absolute atomic E-state index is 0.00177. The van der Waals surface area contributed by atoms with Gasteiger partial charge in [0.15, 0.2) is 0 Å². The number of nitrogens with zero attached hydrogens (tertiary/aromatic N) is 1. The highest BCUT2D eigenvalue weighted by molar-refractivity contribution is 7.99. The predicted molar refractivity (Wildman–Crippen MR) is 72.6 cm³/mol. The number of amides is 3. The van der Waals surface area contributed by atoms with E-state index in [0.717, 1.165) is 25.3 Å². The fourth-order valence-electron chi connectivity index (χ4n) is 2.06. The smallest absolute Gasteiger partial charge is 0.246 e. The highest BCUT2D eigenvalue weighted by atomic mass is 32.2. The van der Waals surface area contributed by atoms with Crippen molar-refractivity contribution in [2.45, 2.75) is 12.8 Å². The lowest BCUT2D eigenvalue weighted by molar-refractivity contribution is -0.135. The van der Waals surface area contributed by atoms with E-state index in [9.17, 15) is 14.4 Å². The second-order valence-corrected chi connectivity index (χ2v) is 5.96. The van der Waals surface area contributed by atoms with Crippen molar-refractivity contribution in [2.75, 3.05) is 37.7 Å². The number of carbonyl (C=O) groups excluding carboxylic acids is 3. The van der Waals surface area contributed by atoms with Crippen LogP contribution in [-0.4, -0.2) is 60.3 Å². The van der Waals surface area contributed by atoms with E-state index in [1.54, 1.807) is 11.8 Å². The number of thioether (sulfide) groups is 1. The summed E-state index contributed by atoms with van der Waals surface area (Å²) in [6.07, 6.45) is 1.30. The lowest BCUT2D eigenvalue weighted by Crippen LogP contribution is -2.44. The zero-order chi connectivity index (χ0) is 13.7. The summed E-state index contributed by atoms with van der Waals surface area (Å²) in [4.78, 5) is 35.9. The molecule has 0 saturated carbocycles. The van der Waals surface area contributed by atoms with Crippen LogP contribution >= 0.6 is 11.8 Å². The maximum Gasteiger partial charge on any atom is 0.246 e. The Balaban J connectivity index is 1.58. The van der Waals surface area contributed by atoms with Gasteiger partial charge in [0.05, 0.1) is 12.3 Å². The van der Waals surface area contributed by atoms with Crippen LogP contribution in [0.3, 0.4) is 0 Å². The molecule has 2 fully saturated rings. The molecular formula is C12H19N3O3S. The second-order valence-electron chi connectivity index (χ2n) is 4.93. The van der Waals surface area contributed by atoms with E-state index in [0.29, 0.717) is 24.6 Å². The summed E-state index contributed by atoms with van der Waals surface area (Å²) >= 11 is 1.55. The minimum Gasteiger partial charge on any atom is -0.333 e. The summed E-state index contributed by atoms with van der Waals surface area (Å²) < 4.78 is 0. The van der Waals surface area contributed by atoms with Gasteiger partial charge < -0.3 is 10.2 Å². The van der Waals surface area contributed by atoms with Crippen LogP contribution in [0.4, 0.5) is 0 Å². The molecule has 0 aromatic heterocycles. The highest BCUT2D eigenvalue weighted by Gasteiger charge is 2.23. The Bertz CT molecular complexity index is 371. The molecule has 2 N–H and O–H groups in total. The number of likely N-dealkylation sites (tertiary alicyclic amines) is 1. The third-order valence-corrected chi connectivity index (χ3v) is 4.41. The van der Waals surface area contributed by atoms with Crippen molar-refractivity contribution in [1.82, 2.24) is 15.5 Å². The highest BCUT2D eigenvalue weighted by Crippen LogP contribution is 2.12. The molecule has 0 radical (unpaired) electrons. The first-order chi connectivity index (χ1) is 9.15. The molecule has 2 rings (SSSR count). The van der Waals surface area contributed by atoms with Gasteiger partial charge in [-0.3, -0.25) is 19.7 Å². The lowest BCUT2D eigenvalue weighted by Gasteiger charge is -2.26. The molecule has 0 atom stereocenters. The van der Waals surface area contributed by atoms with Crippen LogP contribution in [0, 0.1) is 5.92 Å². The van der Waals surface area contributed by atoms with E-state index in [2.05, 4.69) is 10.6 Å². The zero-order valence-electron chi connectivity index (χ0n) is 10.8. The van der Waals surface area contributed by atoms with Gasteiger partial charge in [0.2, 0.25) is 17.7 Å². The third-order valence-electron chi connectivity index (χ3n) is 3.24. The van der Waals surface area contributed by atoms with Crippen molar-refractivity contribution in [2.24, 2.45) is 5.92 Å². The van der Waals surface area contributed by atoms with Crippen LogP contribution < -0.4 is 10.6 Å².